The summed E-state index contributed by atoms with van der Waals surface area (Å²) in [6.07, 6.45) is 2.30. The predicted octanol–water partition coefficient (Wildman–Crippen LogP) is 2.74. The van der Waals surface area contributed by atoms with E-state index in [-0.39, 0.29) is 5.82 Å². The summed E-state index contributed by atoms with van der Waals surface area (Å²) in [7, 11) is 3.68. The van der Waals surface area contributed by atoms with Crippen molar-refractivity contribution in [3.63, 3.8) is 0 Å². The summed E-state index contributed by atoms with van der Waals surface area (Å²) >= 11 is 0. The monoisotopic (exact) mass is 384 g/mol. The van der Waals surface area contributed by atoms with Crippen molar-refractivity contribution in [1.82, 2.24) is 25.4 Å². The van der Waals surface area contributed by atoms with Crippen molar-refractivity contribution in [2.45, 2.75) is 26.8 Å². The second kappa shape index (κ2) is 8.69. The minimum absolute atomic E-state index is 0.282. The molecule has 8 heteroatoms. The first-order chi connectivity index (χ1) is 13.5. The summed E-state index contributed by atoms with van der Waals surface area (Å²) in [5.41, 5.74) is 4.89. The van der Waals surface area contributed by atoms with E-state index in [0.717, 1.165) is 22.6 Å². The number of hydrogen-bond donors (Lipinski definition) is 2. The Morgan fingerprint density at radius 3 is 2.61 bits per heavy atom. The Morgan fingerprint density at radius 1 is 1.21 bits per heavy atom. The van der Waals surface area contributed by atoms with Gasteiger partial charge in [0, 0.05) is 50.4 Å². The van der Waals surface area contributed by atoms with Crippen molar-refractivity contribution in [3.05, 3.63) is 59.0 Å². The van der Waals surface area contributed by atoms with E-state index in [9.17, 15) is 4.39 Å². The van der Waals surface area contributed by atoms with Gasteiger partial charge in [-0.1, -0.05) is 0 Å². The molecule has 0 aliphatic carbocycles. The Labute approximate surface area is 163 Å². The maximum Gasteiger partial charge on any atom is 0.226 e. The molecule has 3 rings (SSSR count). The number of guanidine groups is 1. The van der Waals surface area contributed by atoms with Crippen LogP contribution in [-0.4, -0.2) is 34.3 Å². The fourth-order valence-electron chi connectivity index (χ4n) is 2.92. The Bertz CT molecular complexity index is 958. The number of halogens is 1. The van der Waals surface area contributed by atoms with E-state index >= 15 is 0 Å². The highest BCUT2D eigenvalue weighted by atomic mass is 19.1. The Hall–Kier alpha value is -3.16. The molecule has 0 aliphatic rings. The van der Waals surface area contributed by atoms with E-state index in [1.54, 1.807) is 25.4 Å². The number of rotatable bonds is 6. The smallest absolute Gasteiger partial charge is 0.226 e. The number of aromatic nitrogens is 3. The number of hydrogen-bond acceptors (Lipinski definition) is 4. The van der Waals surface area contributed by atoms with Gasteiger partial charge in [-0.2, -0.15) is 5.10 Å². The number of nitrogens with zero attached hydrogens (tertiary/aromatic N) is 4. The third-order valence-corrected chi connectivity index (χ3v) is 4.63. The zero-order valence-corrected chi connectivity index (χ0v) is 16.6. The SMILES string of the molecule is CN=C(NCCc1coc(-c2ccc(F)cc2)n1)NCc1c(C)nn(C)c1C. The summed E-state index contributed by atoms with van der Waals surface area (Å²) in [5.74, 6) is 0.917. The van der Waals surface area contributed by atoms with Crippen LogP contribution in [0.2, 0.25) is 0 Å². The number of aryl methyl sites for hydroxylation is 2. The van der Waals surface area contributed by atoms with Crippen LogP contribution in [0, 0.1) is 19.7 Å². The highest BCUT2D eigenvalue weighted by Crippen LogP contribution is 2.19. The van der Waals surface area contributed by atoms with Gasteiger partial charge in [0.05, 0.1) is 11.4 Å². The standard InChI is InChI=1S/C20H25FN6O/c1-13-18(14(2)27(4)26-13)11-24-20(22-3)23-10-9-17-12-28-19(25-17)15-5-7-16(21)8-6-15/h5-8,12H,9-11H2,1-4H3,(H2,22,23,24). The van der Waals surface area contributed by atoms with Crippen LogP contribution in [0.15, 0.2) is 39.9 Å². The molecule has 3 aromatic rings. The van der Waals surface area contributed by atoms with Crippen LogP contribution in [0.4, 0.5) is 4.39 Å². The summed E-state index contributed by atoms with van der Waals surface area (Å²) in [6, 6.07) is 6.08. The fraction of sp³-hybridized carbons (Fsp3) is 0.350. The third kappa shape index (κ3) is 4.57. The number of oxazole rings is 1. The van der Waals surface area contributed by atoms with Crippen LogP contribution in [0.25, 0.3) is 11.5 Å². The van der Waals surface area contributed by atoms with Crippen LogP contribution in [0.3, 0.4) is 0 Å². The first-order valence-corrected chi connectivity index (χ1v) is 9.12. The lowest BCUT2D eigenvalue weighted by atomic mass is 10.2. The second-order valence-electron chi connectivity index (χ2n) is 6.53. The largest absolute Gasteiger partial charge is 0.444 e. The fourth-order valence-corrected chi connectivity index (χ4v) is 2.92. The summed E-state index contributed by atoms with van der Waals surface area (Å²) in [5, 5.41) is 11.0. The second-order valence-corrected chi connectivity index (χ2v) is 6.53. The summed E-state index contributed by atoms with van der Waals surface area (Å²) in [6.45, 7) is 5.36. The minimum atomic E-state index is -0.282. The molecule has 0 bridgehead atoms. The van der Waals surface area contributed by atoms with Crippen molar-refractivity contribution < 1.29 is 8.81 Å². The average Bonchev–Trinajstić information content (AvgIpc) is 3.24. The van der Waals surface area contributed by atoms with Gasteiger partial charge in [0.2, 0.25) is 5.89 Å². The molecule has 0 atom stereocenters. The summed E-state index contributed by atoms with van der Waals surface area (Å²) < 4.78 is 20.4. The lowest BCUT2D eigenvalue weighted by molar-refractivity contribution is 0.571. The zero-order chi connectivity index (χ0) is 20.1. The Kier molecular flexibility index (Phi) is 6.08. The van der Waals surface area contributed by atoms with E-state index in [0.29, 0.717) is 31.4 Å². The summed E-state index contributed by atoms with van der Waals surface area (Å²) in [4.78, 5) is 8.70. The van der Waals surface area contributed by atoms with Crippen molar-refractivity contribution in [2.75, 3.05) is 13.6 Å². The number of aliphatic imine (C=N–C) groups is 1. The maximum atomic E-state index is 13.0. The van der Waals surface area contributed by atoms with Gasteiger partial charge in [0.25, 0.3) is 0 Å². The van der Waals surface area contributed by atoms with Crippen LogP contribution in [-0.2, 0) is 20.0 Å². The molecule has 0 unspecified atom stereocenters. The molecule has 0 spiro atoms. The zero-order valence-electron chi connectivity index (χ0n) is 16.6. The molecule has 2 aromatic heterocycles. The van der Waals surface area contributed by atoms with Crippen LogP contribution < -0.4 is 10.6 Å². The molecule has 0 saturated carbocycles. The van der Waals surface area contributed by atoms with Crippen LogP contribution in [0.1, 0.15) is 22.6 Å². The van der Waals surface area contributed by atoms with Crippen molar-refractivity contribution in [2.24, 2.45) is 12.0 Å². The van der Waals surface area contributed by atoms with Crippen molar-refractivity contribution in [3.8, 4) is 11.5 Å². The quantitative estimate of drug-likeness (QED) is 0.505. The molecule has 0 fully saturated rings. The van der Waals surface area contributed by atoms with Crippen molar-refractivity contribution >= 4 is 5.96 Å². The van der Waals surface area contributed by atoms with Gasteiger partial charge < -0.3 is 15.1 Å². The number of benzene rings is 1. The van der Waals surface area contributed by atoms with Gasteiger partial charge in [-0.3, -0.25) is 9.67 Å². The van der Waals surface area contributed by atoms with Gasteiger partial charge >= 0.3 is 0 Å². The average molecular weight is 384 g/mol. The van der Waals surface area contributed by atoms with Gasteiger partial charge in [-0.15, -0.1) is 0 Å². The van der Waals surface area contributed by atoms with E-state index in [4.69, 9.17) is 4.42 Å². The van der Waals surface area contributed by atoms with E-state index in [1.807, 2.05) is 18.7 Å². The minimum Gasteiger partial charge on any atom is -0.444 e. The highest BCUT2D eigenvalue weighted by Gasteiger charge is 2.10. The van der Waals surface area contributed by atoms with E-state index in [1.165, 1.54) is 17.7 Å². The molecule has 148 valence electrons. The maximum absolute atomic E-state index is 13.0. The Balaban J connectivity index is 1.50. The first-order valence-electron chi connectivity index (χ1n) is 9.12. The molecular weight excluding hydrogens is 359 g/mol. The molecule has 0 amide bonds. The van der Waals surface area contributed by atoms with E-state index in [2.05, 4.69) is 32.6 Å². The molecule has 2 heterocycles. The molecule has 0 aliphatic heterocycles. The lowest BCUT2D eigenvalue weighted by Crippen LogP contribution is -2.38. The van der Waals surface area contributed by atoms with Gasteiger partial charge in [0.15, 0.2) is 5.96 Å². The normalized spacial score (nSPS) is 11.7. The molecule has 0 saturated heterocycles. The van der Waals surface area contributed by atoms with Crippen LogP contribution in [0.5, 0.6) is 0 Å². The molecule has 1 aromatic carbocycles. The first kappa shape index (κ1) is 19.6. The van der Waals surface area contributed by atoms with Gasteiger partial charge in [-0.05, 0) is 38.1 Å². The van der Waals surface area contributed by atoms with E-state index < -0.39 is 0 Å². The van der Waals surface area contributed by atoms with Crippen LogP contribution >= 0.6 is 0 Å². The van der Waals surface area contributed by atoms with Gasteiger partial charge in [-0.25, -0.2) is 9.37 Å². The Morgan fingerprint density at radius 2 is 1.96 bits per heavy atom. The topological polar surface area (TPSA) is 80.3 Å². The molecular formula is C20H25FN6O. The van der Waals surface area contributed by atoms with Crippen molar-refractivity contribution in [1.29, 1.82) is 0 Å². The van der Waals surface area contributed by atoms with Gasteiger partial charge in [0.1, 0.15) is 12.1 Å². The highest BCUT2D eigenvalue weighted by molar-refractivity contribution is 5.79. The molecule has 2 N–H and O–H groups in total. The third-order valence-electron chi connectivity index (χ3n) is 4.63. The molecule has 0 radical (unpaired) electrons. The number of nitrogens with one attached hydrogen (secondary N) is 2. The predicted molar refractivity (Wildman–Crippen MR) is 106 cm³/mol. The lowest BCUT2D eigenvalue weighted by Gasteiger charge is -2.11. The molecule has 7 nitrogen and oxygen atoms in total. The molecule has 28 heavy (non-hydrogen) atoms.